The van der Waals surface area contributed by atoms with E-state index in [1.54, 1.807) is 0 Å². The molecule has 1 saturated heterocycles. The highest BCUT2D eigenvalue weighted by molar-refractivity contribution is 9.10. The third-order valence-corrected chi connectivity index (χ3v) is 6.55. The number of allylic oxidation sites excluding steroid dienone is 2. The molecule has 1 fully saturated rings. The van der Waals surface area contributed by atoms with Gasteiger partial charge in [-0.2, -0.15) is 0 Å². The van der Waals surface area contributed by atoms with Crippen molar-refractivity contribution in [1.29, 1.82) is 0 Å². The van der Waals surface area contributed by atoms with Gasteiger partial charge in [-0.3, -0.25) is 0 Å². The zero-order chi connectivity index (χ0) is 17.9. The summed E-state index contributed by atoms with van der Waals surface area (Å²) in [6.45, 7) is 4.36. The summed E-state index contributed by atoms with van der Waals surface area (Å²) in [6, 6.07) is 17.9. The molecular weight excluding hydrogens is 438 g/mol. The summed E-state index contributed by atoms with van der Waals surface area (Å²) in [6.07, 6.45) is 6.76. The topological polar surface area (TPSA) is 3.24 Å². The fourth-order valence-corrected chi connectivity index (χ4v) is 4.72. The summed E-state index contributed by atoms with van der Waals surface area (Å²) >= 11 is 7.19. The molecule has 1 unspecified atom stereocenters. The van der Waals surface area contributed by atoms with Crippen LogP contribution in [0, 0.1) is 5.92 Å². The number of hydrogen-bond acceptors (Lipinski definition) is 1. The molecule has 1 aliphatic rings. The van der Waals surface area contributed by atoms with Gasteiger partial charge in [0.15, 0.2) is 0 Å². The average Bonchev–Trinajstić information content (AvgIpc) is 2.62. The van der Waals surface area contributed by atoms with E-state index in [0.29, 0.717) is 5.92 Å². The second-order valence-electron chi connectivity index (χ2n) is 7.00. The third-order valence-electron chi connectivity index (χ3n) is 5.49. The predicted octanol–water partition coefficient (Wildman–Crippen LogP) is 6.42. The second kappa shape index (κ2) is 8.20. The number of benzene rings is 2. The molecule has 0 amide bonds. The van der Waals surface area contributed by atoms with Gasteiger partial charge in [-0.25, -0.2) is 0 Å². The van der Waals surface area contributed by atoms with Crippen LogP contribution in [-0.4, -0.2) is 25.0 Å². The lowest BCUT2D eigenvalue weighted by molar-refractivity contribution is 0.137. The Kier molecular flexibility index (Phi) is 6.19. The largest absolute Gasteiger partial charge is 0.306 e. The van der Waals surface area contributed by atoms with Crippen molar-refractivity contribution in [3.8, 4) is 0 Å². The van der Waals surface area contributed by atoms with Crippen molar-refractivity contribution < 1.29 is 0 Å². The van der Waals surface area contributed by atoms with Crippen molar-refractivity contribution in [2.24, 2.45) is 5.92 Å². The fourth-order valence-electron chi connectivity index (χ4n) is 4.19. The number of nitrogens with zero attached hydrogens (tertiary/aromatic N) is 1. The van der Waals surface area contributed by atoms with Gasteiger partial charge in [0.25, 0.3) is 0 Å². The van der Waals surface area contributed by atoms with Crippen LogP contribution in [0.15, 0.2) is 69.6 Å². The molecule has 1 atom stereocenters. The predicted molar refractivity (Wildman–Crippen MR) is 114 cm³/mol. The van der Waals surface area contributed by atoms with Gasteiger partial charge < -0.3 is 4.90 Å². The molecule has 3 heteroatoms. The smallest absolute Gasteiger partial charge is 0.0258 e. The van der Waals surface area contributed by atoms with E-state index in [2.05, 4.69) is 111 Å². The molecule has 132 valence electrons. The first-order chi connectivity index (χ1) is 12.1. The molecule has 1 nitrogen and oxygen atoms in total. The van der Waals surface area contributed by atoms with Gasteiger partial charge in [-0.15, -0.1) is 0 Å². The summed E-state index contributed by atoms with van der Waals surface area (Å²) in [4.78, 5) is 2.48. The Morgan fingerprint density at radius 3 is 2.00 bits per heavy atom. The Labute approximate surface area is 168 Å². The molecule has 0 spiro atoms. The summed E-state index contributed by atoms with van der Waals surface area (Å²) in [7, 11) is 2.25. The van der Waals surface area contributed by atoms with Crippen LogP contribution in [-0.2, 0) is 5.41 Å². The first kappa shape index (κ1) is 18.9. The minimum absolute atomic E-state index is 0.0629. The van der Waals surface area contributed by atoms with Crippen molar-refractivity contribution in [3.63, 3.8) is 0 Å². The van der Waals surface area contributed by atoms with E-state index in [4.69, 9.17) is 0 Å². The average molecular weight is 463 g/mol. The van der Waals surface area contributed by atoms with E-state index in [1.807, 2.05) is 0 Å². The van der Waals surface area contributed by atoms with E-state index in [9.17, 15) is 0 Å². The Bertz CT molecular complexity index is 673. The molecule has 2 aromatic rings. The highest BCUT2D eigenvalue weighted by Crippen LogP contribution is 2.47. The van der Waals surface area contributed by atoms with Crippen LogP contribution in [0.1, 0.15) is 30.9 Å². The molecule has 0 radical (unpaired) electrons. The van der Waals surface area contributed by atoms with Gasteiger partial charge in [0.2, 0.25) is 0 Å². The van der Waals surface area contributed by atoms with Gasteiger partial charge >= 0.3 is 0 Å². The Balaban J connectivity index is 2.15. The molecule has 1 heterocycles. The molecule has 0 aliphatic carbocycles. The quantitative estimate of drug-likeness (QED) is 0.474. The van der Waals surface area contributed by atoms with Gasteiger partial charge in [0.1, 0.15) is 0 Å². The van der Waals surface area contributed by atoms with E-state index in [0.717, 1.165) is 34.9 Å². The number of likely N-dealkylation sites (tertiary alicyclic amines) is 1. The van der Waals surface area contributed by atoms with Crippen LogP contribution >= 0.6 is 31.9 Å². The van der Waals surface area contributed by atoms with Crippen LogP contribution in [0.5, 0.6) is 0 Å². The molecule has 0 N–H and O–H groups in total. The van der Waals surface area contributed by atoms with Crippen LogP contribution in [0.25, 0.3) is 0 Å². The summed E-state index contributed by atoms with van der Waals surface area (Å²) in [5, 5.41) is 0. The van der Waals surface area contributed by atoms with Gasteiger partial charge in [0.05, 0.1) is 0 Å². The normalized spacial score (nSPS) is 20.9. The van der Waals surface area contributed by atoms with Crippen molar-refractivity contribution in [2.45, 2.75) is 25.2 Å². The van der Waals surface area contributed by atoms with Crippen molar-refractivity contribution >= 4 is 31.9 Å². The highest BCUT2D eigenvalue weighted by atomic mass is 79.9. The van der Waals surface area contributed by atoms with Crippen molar-refractivity contribution in [3.05, 3.63) is 80.8 Å². The Hall–Kier alpha value is -0.900. The van der Waals surface area contributed by atoms with Gasteiger partial charge in [-0.1, -0.05) is 68.3 Å². The maximum atomic E-state index is 3.59. The second-order valence-corrected chi connectivity index (χ2v) is 8.83. The van der Waals surface area contributed by atoms with Gasteiger partial charge in [-0.05, 0) is 74.7 Å². The lowest BCUT2D eigenvalue weighted by Gasteiger charge is -2.48. The number of halogens is 2. The first-order valence-corrected chi connectivity index (χ1v) is 10.5. The van der Waals surface area contributed by atoms with E-state index in [-0.39, 0.29) is 5.41 Å². The molecular formula is C22H25Br2N. The van der Waals surface area contributed by atoms with Crippen molar-refractivity contribution in [1.82, 2.24) is 4.90 Å². The molecule has 2 aromatic carbocycles. The summed E-state index contributed by atoms with van der Waals surface area (Å²) < 4.78 is 2.28. The van der Waals surface area contributed by atoms with Crippen LogP contribution in [0.4, 0.5) is 0 Å². The lowest BCUT2D eigenvalue weighted by Crippen LogP contribution is -2.49. The maximum Gasteiger partial charge on any atom is 0.0258 e. The number of hydrogen-bond donors (Lipinski definition) is 0. The minimum Gasteiger partial charge on any atom is -0.306 e. The lowest BCUT2D eigenvalue weighted by atomic mass is 9.61. The summed E-state index contributed by atoms with van der Waals surface area (Å²) in [5.41, 5.74) is 2.93. The van der Waals surface area contributed by atoms with E-state index >= 15 is 0 Å². The molecule has 3 rings (SSSR count). The van der Waals surface area contributed by atoms with Gasteiger partial charge in [0, 0.05) is 20.9 Å². The molecule has 0 saturated carbocycles. The molecule has 1 aliphatic heterocycles. The molecule has 25 heavy (non-hydrogen) atoms. The molecule has 0 bridgehead atoms. The van der Waals surface area contributed by atoms with Crippen LogP contribution in [0.3, 0.4) is 0 Å². The van der Waals surface area contributed by atoms with E-state index in [1.165, 1.54) is 11.1 Å². The maximum absolute atomic E-state index is 3.59. The molecule has 0 aromatic heterocycles. The Morgan fingerprint density at radius 1 is 1.00 bits per heavy atom. The third kappa shape index (κ3) is 3.94. The fraction of sp³-hybridized carbons (Fsp3) is 0.364. The monoisotopic (exact) mass is 461 g/mol. The minimum atomic E-state index is 0.0629. The van der Waals surface area contributed by atoms with Crippen LogP contribution in [0.2, 0.25) is 0 Å². The van der Waals surface area contributed by atoms with E-state index < -0.39 is 0 Å². The summed E-state index contributed by atoms with van der Waals surface area (Å²) in [5.74, 6) is 0.560. The Morgan fingerprint density at radius 2 is 1.52 bits per heavy atom. The first-order valence-electron chi connectivity index (χ1n) is 8.88. The number of rotatable bonds is 4. The zero-order valence-corrected chi connectivity index (χ0v) is 18.1. The number of piperidine rings is 1. The highest BCUT2D eigenvalue weighted by Gasteiger charge is 2.44. The van der Waals surface area contributed by atoms with Crippen molar-refractivity contribution in [2.75, 3.05) is 20.1 Å². The van der Waals surface area contributed by atoms with Crippen LogP contribution < -0.4 is 0 Å². The zero-order valence-electron chi connectivity index (χ0n) is 14.9. The standard InChI is InChI=1S/C22H25Br2N/c1-3-4-5-19-16-25(2)15-14-22(19,17-6-10-20(23)11-7-17)18-8-12-21(24)13-9-18/h3-4,6-13,19H,5,14-16H2,1-2H3. The SMILES string of the molecule is CC=CCC1CN(C)CCC1(c1ccc(Br)cc1)c1ccc(Br)cc1.